The zero-order valence-corrected chi connectivity index (χ0v) is 12.5. The van der Waals surface area contributed by atoms with Crippen LogP contribution < -0.4 is 0 Å². The Balaban J connectivity index is 1.75. The van der Waals surface area contributed by atoms with Crippen molar-refractivity contribution in [2.24, 2.45) is 5.41 Å². The third kappa shape index (κ3) is 2.67. The highest BCUT2D eigenvalue weighted by Gasteiger charge is 2.48. The van der Waals surface area contributed by atoms with Crippen molar-refractivity contribution < 1.29 is 13.2 Å². The van der Waals surface area contributed by atoms with E-state index in [1.807, 2.05) is 18.2 Å². The van der Waals surface area contributed by atoms with Gasteiger partial charge in [-0.2, -0.15) is 13.2 Å². The summed E-state index contributed by atoms with van der Waals surface area (Å²) in [4.78, 5) is 4.12. The molecule has 0 saturated heterocycles. The molecular weight excluding hydrogens is 299 g/mol. The number of allylic oxidation sites excluding steroid dienone is 2. The van der Waals surface area contributed by atoms with E-state index < -0.39 is 11.7 Å². The van der Waals surface area contributed by atoms with Crippen molar-refractivity contribution in [3.63, 3.8) is 0 Å². The lowest BCUT2D eigenvalue weighted by Crippen LogP contribution is -2.05. The standard InChI is InChI=1S/C19H16F3N/c20-19(21,22)14-6-7-17(23-12-14)16-11-18(8-9-18)10-15(16)13-4-2-1-3-5-13/h1-7,12H,8-11H2. The number of hydrogen-bond donors (Lipinski definition) is 0. The number of halogens is 3. The van der Waals surface area contributed by atoms with E-state index in [0.717, 1.165) is 36.2 Å². The van der Waals surface area contributed by atoms with Crippen LogP contribution in [0.15, 0.2) is 48.7 Å². The van der Waals surface area contributed by atoms with Crippen LogP contribution in [0.5, 0.6) is 0 Å². The molecule has 0 aliphatic heterocycles. The fourth-order valence-electron chi connectivity index (χ4n) is 3.46. The van der Waals surface area contributed by atoms with Gasteiger partial charge in [0, 0.05) is 6.20 Å². The van der Waals surface area contributed by atoms with E-state index in [9.17, 15) is 13.2 Å². The molecule has 2 aliphatic rings. The highest BCUT2D eigenvalue weighted by Crippen LogP contribution is 2.63. The molecule has 0 atom stereocenters. The smallest absolute Gasteiger partial charge is 0.256 e. The molecule has 0 bridgehead atoms. The molecule has 1 saturated carbocycles. The Morgan fingerprint density at radius 1 is 0.870 bits per heavy atom. The van der Waals surface area contributed by atoms with Crippen LogP contribution in [0.1, 0.15) is 42.5 Å². The molecule has 2 aliphatic carbocycles. The number of alkyl halides is 3. The van der Waals surface area contributed by atoms with Gasteiger partial charge in [-0.15, -0.1) is 0 Å². The first-order valence-electron chi connectivity index (χ1n) is 7.78. The van der Waals surface area contributed by atoms with Crippen molar-refractivity contribution >= 4 is 11.1 Å². The van der Waals surface area contributed by atoms with Crippen LogP contribution in [0.3, 0.4) is 0 Å². The second-order valence-corrected chi connectivity index (χ2v) is 6.61. The van der Waals surface area contributed by atoms with Gasteiger partial charge in [0.15, 0.2) is 0 Å². The average molecular weight is 315 g/mol. The molecule has 1 fully saturated rings. The second-order valence-electron chi connectivity index (χ2n) is 6.61. The van der Waals surface area contributed by atoms with Gasteiger partial charge in [-0.3, -0.25) is 4.98 Å². The van der Waals surface area contributed by atoms with Crippen molar-refractivity contribution in [2.45, 2.75) is 31.9 Å². The lowest BCUT2D eigenvalue weighted by molar-refractivity contribution is -0.137. The van der Waals surface area contributed by atoms with Crippen molar-refractivity contribution in [3.05, 3.63) is 65.5 Å². The monoisotopic (exact) mass is 315 g/mol. The van der Waals surface area contributed by atoms with Gasteiger partial charge in [0.2, 0.25) is 0 Å². The fourth-order valence-corrected chi connectivity index (χ4v) is 3.46. The molecule has 2 aromatic rings. The molecule has 118 valence electrons. The van der Waals surface area contributed by atoms with E-state index in [0.29, 0.717) is 11.1 Å². The predicted octanol–water partition coefficient (Wildman–Crippen LogP) is 5.59. The number of pyridine rings is 1. The molecule has 4 rings (SSSR count). The first-order chi connectivity index (χ1) is 11.0. The Hall–Kier alpha value is -2.10. The van der Waals surface area contributed by atoms with Gasteiger partial charge >= 0.3 is 6.18 Å². The topological polar surface area (TPSA) is 12.9 Å². The van der Waals surface area contributed by atoms with E-state index in [1.165, 1.54) is 24.5 Å². The summed E-state index contributed by atoms with van der Waals surface area (Å²) in [5.41, 5.74) is 3.85. The summed E-state index contributed by atoms with van der Waals surface area (Å²) in [5, 5.41) is 0. The molecule has 1 spiro atoms. The molecule has 1 nitrogen and oxygen atoms in total. The van der Waals surface area contributed by atoms with Crippen LogP contribution >= 0.6 is 0 Å². The van der Waals surface area contributed by atoms with Gasteiger partial charge in [-0.25, -0.2) is 0 Å². The van der Waals surface area contributed by atoms with Crippen LogP contribution in [-0.4, -0.2) is 4.98 Å². The van der Waals surface area contributed by atoms with Gasteiger partial charge in [-0.05, 0) is 59.9 Å². The summed E-state index contributed by atoms with van der Waals surface area (Å²) in [7, 11) is 0. The summed E-state index contributed by atoms with van der Waals surface area (Å²) in [6, 6.07) is 12.8. The highest BCUT2D eigenvalue weighted by molar-refractivity contribution is 5.93. The molecule has 0 amide bonds. The highest BCUT2D eigenvalue weighted by atomic mass is 19.4. The third-order valence-electron chi connectivity index (χ3n) is 4.95. The minimum absolute atomic E-state index is 0.338. The second kappa shape index (κ2) is 4.95. The zero-order valence-electron chi connectivity index (χ0n) is 12.5. The molecule has 1 aromatic carbocycles. The number of aromatic nitrogens is 1. The quantitative estimate of drug-likeness (QED) is 0.704. The Morgan fingerprint density at radius 3 is 2.13 bits per heavy atom. The van der Waals surface area contributed by atoms with Crippen molar-refractivity contribution in [1.82, 2.24) is 4.98 Å². The van der Waals surface area contributed by atoms with E-state index in [2.05, 4.69) is 17.1 Å². The first-order valence-corrected chi connectivity index (χ1v) is 7.78. The largest absolute Gasteiger partial charge is 0.417 e. The maximum Gasteiger partial charge on any atom is 0.417 e. The number of nitrogens with zero attached hydrogens (tertiary/aromatic N) is 1. The maximum absolute atomic E-state index is 12.7. The third-order valence-corrected chi connectivity index (χ3v) is 4.95. The Labute approximate surface area is 132 Å². The van der Waals surface area contributed by atoms with Gasteiger partial charge < -0.3 is 0 Å². The number of hydrogen-bond acceptors (Lipinski definition) is 1. The lowest BCUT2D eigenvalue weighted by atomic mass is 9.99. The van der Waals surface area contributed by atoms with Crippen LogP contribution in [0.2, 0.25) is 0 Å². The molecule has 0 radical (unpaired) electrons. The number of rotatable bonds is 2. The summed E-state index contributed by atoms with van der Waals surface area (Å²) in [6.45, 7) is 0. The molecule has 1 heterocycles. The molecule has 23 heavy (non-hydrogen) atoms. The van der Waals surface area contributed by atoms with Crippen LogP contribution in [0.4, 0.5) is 13.2 Å². The Bertz CT molecular complexity index is 753. The van der Waals surface area contributed by atoms with Crippen molar-refractivity contribution in [3.8, 4) is 0 Å². The minimum Gasteiger partial charge on any atom is -0.256 e. The SMILES string of the molecule is FC(F)(F)c1ccc(C2=C(c3ccccc3)CC3(CC3)C2)nc1. The normalized spacial score (nSPS) is 19.4. The average Bonchev–Trinajstić information content (AvgIpc) is 3.18. The van der Waals surface area contributed by atoms with Crippen LogP contribution in [0.25, 0.3) is 11.1 Å². The van der Waals surface area contributed by atoms with Gasteiger partial charge in [0.1, 0.15) is 0 Å². The summed E-state index contributed by atoms with van der Waals surface area (Å²) >= 11 is 0. The van der Waals surface area contributed by atoms with Gasteiger partial charge in [0.05, 0.1) is 11.3 Å². The summed E-state index contributed by atoms with van der Waals surface area (Å²) in [5.74, 6) is 0. The van der Waals surface area contributed by atoms with Crippen molar-refractivity contribution in [2.75, 3.05) is 0 Å². The van der Waals surface area contributed by atoms with Gasteiger partial charge in [0.25, 0.3) is 0 Å². The van der Waals surface area contributed by atoms with Gasteiger partial charge in [-0.1, -0.05) is 30.3 Å². The minimum atomic E-state index is -4.34. The maximum atomic E-state index is 12.7. The summed E-state index contributed by atoms with van der Waals surface area (Å²) < 4.78 is 38.2. The van der Waals surface area contributed by atoms with Crippen LogP contribution in [-0.2, 0) is 6.18 Å². The Morgan fingerprint density at radius 2 is 1.57 bits per heavy atom. The summed E-state index contributed by atoms with van der Waals surface area (Å²) in [6.07, 6.45) is 0.948. The molecule has 0 N–H and O–H groups in total. The van der Waals surface area contributed by atoms with E-state index >= 15 is 0 Å². The predicted molar refractivity (Wildman–Crippen MR) is 83.4 cm³/mol. The van der Waals surface area contributed by atoms with Crippen LogP contribution in [0, 0.1) is 5.41 Å². The lowest BCUT2D eigenvalue weighted by Gasteiger charge is -2.10. The van der Waals surface area contributed by atoms with E-state index in [1.54, 1.807) is 0 Å². The van der Waals surface area contributed by atoms with Crippen molar-refractivity contribution in [1.29, 1.82) is 0 Å². The molecule has 0 unspecified atom stereocenters. The first kappa shape index (κ1) is 14.5. The molecule has 4 heteroatoms. The fraction of sp³-hybridized carbons (Fsp3) is 0.316. The number of benzene rings is 1. The molecule has 1 aromatic heterocycles. The zero-order chi connectivity index (χ0) is 16.1. The Kier molecular flexibility index (Phi) is 3.12. The molecular formula is C19H16F3N. The van der Waals surface area contributed by atoms with E-state index in [4.69, 9.17) is 0 Å². The van der Waals surface area contributed by atoms with E-state index in [-0.39, 0.29) is 0 Å².